The van der Waals surface area contributed by atoms with E-state index < -0.39 is 4.92 Å². The molecule has 2 rings (SSSR count). The standard InChI is InChI=1S/C14H20N2O4/c1-14(2)12(15-3)8-13(14)20-11-7-9(16(17)18)5-6-10(11)19-4/h5-7,12-13,15H,8H2,1-4H3. The molecular formula is C14H20N2O4. The van der Waals surface area contributed by atoms with Gasteiger partial charge in [0.2, 0.25) is 0 Å². The van der Waals surface area contributed by atoms with Crippen LogP contribution >= 0.6 is 0 Å². The van der Waals surface area contributed by atoms with Crippen LogP contribution in [0.1, 0.15) is 20.3 Å². The summed E-state index contributed by atoms with van der Waals surface area (Å²) in [6, 6.07) is 4.78. The Hall–Kier alpha value is -1.82. The van der Waals surface area contributed by atoms with Gasteiger partial charge in [0.25, 0.3) is 5.69 Å². The first-order valence-corrected chi connectivity index (χ1v) is 6.56. The van der Waals surface area contributed by atoms with Gasteiger partial charge in [0.05, 0.1) is 18.1 Å². The number of hydrogen-bond donors (Lipinski definition) is 1. The number of ether oxygens (including phenoxy) is 2. The Morgan fingerprint density at radius 3 is 2.60 bits per heavy atom. The molecule has 1 aromatic carbocycles. The molecular weight excluding hydrogens is 260 g/mol. The van der Waals surface area contributed by atoms with E-state index in [-0.39, 0.29) is 17.2 Å². The molecule has 0 aliphatic heterocycles. The second-order valence-corrected chi connectivity index (χ2v) is 5.60. The van der Waals surface area contributed by atoms with Crippen LogP contribution in [0, 0.1) is 15.5 Å². The van der Waals surface area contributed by atoms with Crippen molar-refractivity contribution in [3.8, 4) is 11.5 Å². The number of non-ortho nitro benzene ring substituents is 1. The Kier molecular flexibility index (Phi) is 3.85. The quantitative estimate of drug-likeness (QED) is 0.662. The van der Waals surface area contributed by atoms with Crippen molar-refractivity contribution >= 4 is 5.69 Å². The molecule has 20 heavy (non-hydrogen) atoms. The highest BCUT2D eigenvalue weighted by Crippen LogP contribution is 2.44. The lowest BCUT2D eigenvalue weighted by Gasteiger charge is -2.51. The van der Waals surface area contributed by atoms with Gasteiger partial charge in [-0.05, 0) is 13.1 Å². The molecule has 1 saturated carbocycles. The minimum Gasteiger partial charge on any atom is -0.493 e. The van der Waals surface area contributed by atoms with Crippen LogP contribution in [0.15, 0.2) is 18.2 Å². The maximum Gasteiger partial charge on any atom is 0.273 e. The molecule has 1 fully saturated rings. The fourth-order valence-corrected chi connectivity index (χ4v) is 2.60. The fourth-order valence-electron chi connectivity index (χ4n) is 2.60. The van der Waals surface area contributed by atoms with Crippen LogP contribution in [0.4, 0.5) is 5.69 Å². The molecule has 2 unspecified atom stereocenters. The Labute approximate surface area is 118 Å². The number of methoxy groups -OCH3 is 1. The SMILES string of the molecule is CNC1CC(Oc2cc([N+](=O)[O-])ccc2OC)C1(C)C. The van der Waals surface area contributed by atoms with Gasteiger partial charge in [0, 0.05) is 23.9 Å². The van der Waals surface area contributed by atoms with E-state index in [9.17, 15) is 10.1 Å². The summed E-state index contributed by atoms with van der Waals surface area (Å²) in [6.45, 7) is 4.23. The lowest BCUT2D eigenvalue weighted by atomic mass is 9.64. The van der Waals surface area contributed by atoms with Gasteiger partial charge in [-0.2, -0.15) is 0 Å². The highest BCUT2D eigenvalue weighted by Gasteiger charge is 2.49. The second kappa shape index (κ2) is 5.28. The molecule has 1 aliphatic carbocycles. The molecule has 0 amide bonds. The number of nitro benzene ring substituents is 1. The molecule has 110 valence electrons. The molecule has 6 heteroatoms. The molecule has 1 aliphatic rings. The van der Waals surface area contributed by atoms with Crippen LogP contribution in [0.5, 0.6) is 11.5 Å². The maximum absolute atomic E-state index is 10.8. The van der Waals surface area contributed by atoms with E-state index in [0.717, 1.165) is 6.42 Å². The molecule has 2 atom stereocenters. The highest BCUT2D eigenvalue weighted by atomic mass is 16.6. The predicted molar refractivity (Wildman–Crippen MR) is 75.3 cm³/mol. The summed E-state index contributed by atoms with van der Waals surface area (Å²) in [5, 5.41) is 14.1. The first kappa shape index (κ1) is 14.6. The molecule has 0 heterocycles. The topological polar surface area (TPSA) is 73.6 Å². The van der Waals surface area contributed by atoms with E-state index in [1.165, 1.54) is 19.2 Å². The van der Waals surface area contributed by atoms with Crippen LogP contribution in [0.3, 0.4) is 0 Å². The average molecular weight is 280 g/mol. The summed E-state index contributed by atoms with van der Waals surface area (Å²) in [5.74, 6) is 0.939. The summed E-state index contributed by atoms with van der Waals surface area (Å²) in [5.41, 5.74) is -0.0206. The zero-order valence-corrected chi connectivity index (χ0v) is 12.2. The van der Waals surface area contributed by atoms with Crippen molar-refractivity contribution in [3.05, 3.63) is 28.3 Å². The molecule has 1 aromatic rings. The predicted octanol–water partition coefficient (Wildman–Crippen LogP) is 2.37. The van der Waals surface area contributed by atoms with Gasteiger partial charge < -0.3 is 14.8 Å². The van der Waals surface area contributed by atoms with Crippen LogP contribution in [0.2, 0.25) is 0 Å². The van der Waals surface area contributed by atoms with Crippen molar-refractivity contribution in [1.29, 1.82) is 0 Å². The third kappa shape index (κ3) is 2.43. The van der Waals surface area contributed by atoms with Crippen LogP contribution in [0.25, 0.3) is 0 Å². The zero-order valence-electron chi connectivity index (χ0n) is 12.2. The van der Waals surface area contributed by atoms with Gasteiger partial charge in [-0.15, -0.1) is 0 Å². The molecule has 1 N–H and O–H groups in total. The lowest BCUT2D eigenvalue weighted by Crippen LogP contribution is -2.61. The fraction of sp³-hybridized carbons (Fsp3) is 0.571. The lowest BCUT2D eigenvalue weighted by molar-refractivity contribution is -0.385. The average Bonchev–Trinajstić information content (AvgIpc) is 2.42. The largest absolute Gasteiger partial charge is 0.493 e. The van der Waals surface area contributed by atoms with Gasteiger partial charge >= 0.3 is 0 Å². The van der Waals surface area contributed by atoms with E-state index in [4.69, 9.17) is 9.47 Å². The highest BCUT2D eigenvalue weighted by molar-refractivity contribution is 5.48. The van der Waals surface area contributed by atoms with Gasteiger partial charge in [-0.25, -0.2) is 0 Å². The number of nitrogens with one attached hydrogen (secondary N) is 1. The van der Waals surface area contributed by atoms with E-state index in [1.807, 2.05) is 7.05 Å². The maximum atomic E-state index is 10.8. The summed E-state index contributed by atoms with van der Waals surface area (Å²) >= 11 is 0. The third-order valence-corrected chi connectivity index (χ3v) is 4.15. The first-order chi connectivity index (χ1) is 9.40. The number of nitrogens with zero attached hydrogens (tertiary/aromatic N) is 1. The first-order valence-electron chi connectivity index (χ1n) is 6.56. The van der Waals surface area contributed by atoms with Crippen LogP contribution < -0.4 is 14.8 Å². The van der Waals surface area contributed by atoms with E-state index in [1.54, 1.807) is 6.07 Å². The normalized spacial score (nSPS) is 23.8. The van der Waals surface area contributed by atoms with Crippen molar-refractivity contribution in [3.63, 3.8) is 0 Å². The second-order valence-electron chi connectivity index (χ2n) is 5.60. The van der Waals surface area contributed by atoms with E-state index in [2.05, 4.69) is 19.2 Å². The van der Waals surface area contributed by atoms with Gasteiger partial charge in [0.15, 0.2) is 11.5 Å². The molecule has 0 bridgehead atoms. The number of nitro groups is 1. The van der Waals surface area contributed by atoms with Crippen molar-refractivity contribution < 1.29 is 14.4 Å². The van der Waals surface area contributed by atoms with Crippen molar-refractivity contribution in [2.75, 3.05) is 14.2 Å². The molecule has 0 aromatic heterocycles. The summed E-state index contributed by atoms with van der Waals surface area (Å²) in [6.07, 6.45) is 0.880. The number of hydrogen-bond acceptors (Lipinski definition) is 5. The minimum atomic E-state index is -0.436. The molecule has 0 saturated heterocycles. The summed E-state index contributed by atoms with van der Waals surface area (Å²) in [4.78, 5) is 10.4. The van der Waals surface area contributed by atoms with Crippen molar-refractivity contribution in [2.45, 2.75) is 32.4 Å². The van der Waals surface area contributed by atoms with E-state index >= 15 is 0 Å². The Balaban J connectivity index is 2.21. The van der Waals surface area contributed by atoms with Gasteiger partial charge in [-0.3, -0.25) is 10.1 Å². The Morgan fingerprint density at radius 2 is 2.10 bits per heavy atom. The third-order valence-electron chi connectivity index (χ3n) is 4.15. The smallest absolute Gasteiger partial charge is 0.273 e. The number of rotatable bonds is 5. The summed E-state index contributed by atoms with van der Waals surface area (Å²) in [7, 11) is 3.45. The monoisotopic (exact) mass is 280 g/mol. The zero-order chi connectivity index (χ0) is 14.9. The van der Waals surface area contributed by atoms with Crippen molar-refractivity contribution in [1.82, 2.24) is 5.32 Å². The molecule has 0 radical (unpaired) electrons. The molecule has 0 spiro atoms. The molecule has 6 nitrogen and oxygen atoms in total. The van der Waals surface area contributed by atoms with E-state index in [0.29, 0.717) is 17.5 Å². The Bertz CT molecular complexity index is 516. The minimum absolute atomic E-state index is 0.00287. The summed E-state index contributed by atoms with van der Waals surface area (Å²) < 4.78 is 11.1. The van der Waals surface area contributed by atoms with Crippen LogP contribution in [-0.4, -0.2) is 31.2 Å². The van der Waals surface area contributed by atoms with Crippen LogP contribution in [-0.2, 0) is 0 Å². The van der Waals surface area contributed by atoms with Crippen molar-refractivity contribution in [2.24, 2.45) is 5.41 Å². The van der Waals surface area contributed by atoms with Gasteiger partial charge in [-0.1, -0.05) is 13.8 Å². The Morgan fingerprint density at radius 1 is 1.40 bits per heavy atom. The van der Waals surface area contributed by atoms with Gasteiger partial charge in [0.1, 0.15) is 6.10 Å². The number of benzene rings is 1.